The van der Waals surface area contributed by atoms with Gasteiger partial charge in [0.25, 0.3) is 0 Å². The SMILES string of the molecule is COC(=O)c1ccc(Nc2ccc(OC[C@@H]3CCCO3)cc2)nn1. The monoisotopic (exact) mass is 329 g/mol. The van der Waals surface area contributed by atoms with Crippen LogP contribution in [0, 0.1) is 0 Å². The van der Waals surface area contributed by atoms with E-state index in [9.17, 15) is 4.79 Å². The lowest BCUT2D eigenvalue weighted by Crippen LogP contribution is -2.16. The Morgan fingerprint density at radius 3 is 2.71 bits per heavy atom. The number of rotatable bonds is 6. The molecule has 7 heteroatoms. The predicted octanol–water partition coefficient (Wildman–Crippen LogP) is 2.56. The van der Waals surface area contributed by atoms with Crippen LogP contribution in [0.1, 0.15) is 23.3 Å². The molecule has 2 heterocycles. The van der Waals surface area contributed by atoms with E-state index < -0.39 is 5.97 Å². The molecule has 24 heavy (non-hydrogen) atoms. The van der Waals surface area contributed by atoms with E-state index in [0.29, 0.717) is 12.4 Å². The summed E-state index contributed by atoms with van der Waals surface area (Å²) in [5, 5.41) is 10.9. The van der Waals surface area contributed by atoms with Crippen molar-refractivity contribution in [2.24, 2.45) is 0 Å². The molecular weight excluding hydrogens is 310 g/mol. The summed E-state index contributed by atoms with van der Waals surface area (Å²) in [5.41, 5.74) is 1.01. The number of anilines is 2. The molecule has 1 aromatic carbocycles. The van der Waals surface area contributed by atoms with Crippen molar-refractivity contribution in [3.05, 3.63) is 42.1 Å². The molecule has 0 radical (unpaired) electrons. The minimum absolute atomic E-state index is 0.168. The Labute approximate surface area is 139 Å². The summed E-state index contributed by atoms with van der Waals surface area (Å²) in [6.45, 7) is 1.40. The summed E-state index contributed by atoms with van der Waals surface area (Å²) in [4.78, 5) is 11.3. The minimum atomic E-state index is -0.512. The Bertz CT molecular complexity index is 667. The first kappa shape index (κ1) is 16.2. The molecule has 7 nitrogen and oxygen atoms in total. The van der Waals surface area contributed by atoms with Crippen LogP contribution in [0.25, 0.3) is 0 Å². The number of carbonyl (C=O) groups is 1. The summed E-state index contributed by atoms with van der Waals surface area (Å²) in [6, 6.07) is 10.8. The number of aromatic nitrogens is 2. The third-order valence-corrected chi connectivity index (χ3v) is 3.65. The Balaban J connectivity index is 1.54. The Hall–Kier alpha value is -2.67. The fourth-order valence-electron chi connectivity index (χ4n) is 2.36. The second-order valence-electron chi connectivity index (χ2n) is 5.39. The van der Waals surface area contributed by atoms with Crippen LogP contribution in [0.4, 0.5) is 11.5 Å². The van der Waals surface area contributed by atoms with Crippen molar-refractivity contribution >= 4 is 17.5 Å². The van der Waals surface area contributed by atoms with Crippen molar-refractivity contribution < 1.29 is 19.0 Å². The highest BCUT2D eigenvalue weighted by Crippen LogP contribution is 2.20. The van der Waals surface area contributed by atoms with E-state index in [4.69, 9.17) is 9.47 Å². The van der Waals surface area contributed by atoms with Crippen LogP contribution in [0.3, 0.4) is 0 Å². The van der Waals surface area contributed by atoms with E-state index in [0.717, 1.165) is 30.9 Å². The number of carbonyl (C=O) groups excluding carboxylic acids is 1. The molecule has 0 unspecified atom stereocenters. The number of hydrogen-bond donors (Lipinski definition) is 1. The number of nitrogens with one attached hydrogen (secondary N) is 1. The second-order valence-corrected chi connectivity index (χ2v) is 5.39. The highest BCUT2D eigenvalue weighted by molar-refractivity contribution is 5.87. The van der Waals surface area contributed by atoms with Gasteiger partial charge in [0, 0.05) is 12.3 Å². The van der Waals surface area contributed by atoms with Crippen LogP contribution in [0.15, 0.2) is 36.4 Å². The molecule has 1 aliphatic heterocycles. The summed E-state index contributed by atoms with van der Waals surface area (Å²) < 4.78 is 15.8. The third kappa shape index (κ3) is 4.20. The van der Waals surface area contributed by atoms with Gasteiger partial charge in [0.1, 0.15) is 12.4 Å². The molecular formula is C17H19N3O4. The first-order valence-corrected chi connectivity index (χ1v) is 7.78. The van der Waals surface area contributed by atoms with E-state index in [2.05, 4.69) is 20.3 Å². The minimum Gasteiger partial charge on any atom is -0.491 e. The Morgan fingerprint density at radius 2 is 2.08 bits per heavy atom. The van der Waals surface area contributed by atoms with E-state index in [1.807, 2.05) is 24.3 Å². The highest BCUT2D eigenvalue weighted by Gasteiger charge is 2.15. The molecule has 2 aromatic rings. The standard InChI is InChI=1S/C17H19N3O4/c1-22-17(21)15-8-9-16(20-19-15)18-12-4-6-13(7-5-12)24-11-14-3-2-10-23-14/h4-9,14H,2-3,10-11H2,1H3,(H,18,20)/t14-/m0/s1. The van der Waals surface area contributed by atoms with E-state index in [1.54, 1.807) is 12.1 Å². The Kier molecular flexibility index (Phi) is 5.22. The van der Waals surface area contributed by atoms with Gasteiger partial charge in [-0.2, -0.15) is 0 Å². The third-order valence-electron chi connectivity index (χ3n) is 3.65. The molecule has 3 rings (SSSR count). The van der Waals surface area contributed by atoms with E-state index in [1.165, 1.54) is 7.11 Å². The number of esters is 1. The van der Waals surface area contributed by atoms with Gasteiger partial charge in [-0.25, -0.2) is 4.79 Å². The molecule has 0 bridgehead atoms. The number of hydrogen-bond acceptors (Lipinski definition) is 7. The maximum absolute atomic E-state index is 11.3. The zero-order chi connectivity index (χ0) is 16.8. The number of methoxy groups -OCH3 is 1. The van der Waals surface area contributed by atoms with Crippen LogP contribution >= 0.6 is 0 Å². The van der Waals surface area contributed by atoms with Crippen LogP contribution in [0.2, 0.25) is 0 Å². The largest absolute Gasteiger partial charge is 0.491 e. The van der Waals surface area contributed by atoms with Gasteiger partial charge in [-0.05, 0) is 49.2 Å². The predicted molar refractivity (Wildman–Crippen MR) is 87.6 cm³/mol. The van der Waals surface area contributed by atoms with Gasteiger partial charge < -0.3 is 19.5 Å². The van der Waals surface area contributed by atoms with Crippen molar-refractivity contribution in [1.29, 1.82) is 0 Å². The van der Waals surface area contributed by atoms with Crippen molar-refractivity contribution in [3.8, 4) is 5.75 Å². The van der Waals surface area contributed by atoms with Gasteiger partial charge in [-0.15, -0.1) is 10.2 Å². The molecule has 0 aliphatic carbocycles. The molecule has 0 amide bonds. The first-order chi connectivity index (χ1) is 11.7. The zero-order valence-electron chi connectivity index (χ0n) is 13.4. The summed E-state index contributed by atoms with van der Waals surface area (Å²) in [5.74, 6) is 0.820. The van der Waals surface area contributed by atoms with Crippen molar-refractivity contribution in [2.75, 3.05) is 25.6 Å². The molecule has 1 saturated heterocycles. The number of nitrogens with zero attached hydrogens (tertiary/aromatic N) is 2. The molecule has 1 fully saturated rings. The van der Waals surface area contributed by atoms with Crippen LogP contribution in [-0.4, -0.2) is 42.6 Å². The maximum atomic E-state index is 11.3. The summed E-state index contributed by atoms with van der Waals surface area (Å²) in [6.07, 6.45) is 2.36. The Morgan fingerprint density at radius 1 is 1.25 bits per heavy atom. The van der Waals surface area contributed by atoms with Crippen LogP contribution in [0.5, 0.6) is 5.75 Å². The van der Waals surface area contributed by atoms with E-state index in [-0.39, 0.29) is 11.8 Å². The molecule has 1 atom stereocenters. The van der Waals surface area contributed by atoms with Gasteiger partial charge >= 0.3 is 5.97 Å². The number of ether oxygens (including phenoxy) is 3. The molecule has 126 valence electrons. The van der Waals surface area contributed by atoms with Crippen LogP contribution < -0.4 is 10.1 Å². The average molecular weight is 329 g/mol. The quantitative estimate of drug-likeness (QED) is 0.816. The number of benzene rings is 1. The fraction of sp³-hybridized carbons (Fsp3) is 0.353. The fourth-order valence-corrected chi connectivity index (χ4v) is 2.36. The smallest absolute Gasteiger partial charge is 0.358 e. The highest BCUT2D eigenvalue weighted by atomic mass is 16.5. The van der Waals surface area contributed by atoms with Crippen molar-refractivity contribution in [2.45, 2.75) is 18.9 Å². The van der Waals surface area contributed by atoms with Gasteiger partial charge in [0.2, 0.25) is 0 Å². The normalized spacial score (nSPS) is 16.6. The molecule has 1 N–H and O–H groups in total. The van der Waals surface area contributed by atoms with Crippen LogP contribution in [-0.2, 0) is 9.47 Å². The van der Waals surface area contributed by atoms with Gasteiger partial charge in [0.05, 0.1) is 13.2 Å². The van der Waals surface area contributed by atoms with Gasteiger partial charge in [-0.1, -0.05) is 0 Å². The lowest BCUT2D eigenvalue weighted by molar-refractivity contribution is 0.0592. The van der Waals surface area contributed by atoms with Crippen molar-refractivity contribution in [3.63, 3.8) is 0 Å². The van der Waals surface area contributed by atoms with Gasteiger partial charge in [0.15, 0.2) is 11.5 Å². The first-order valence-electron chi connectivity index (χ1n) is 7.78. The maximum Gasteiger partial charge on any atom is 0.358 e. The van der Waals surface area contributed by atoms with Crippen molar-refractivity contribution in [1.82, 2.24) is 10.2 Å². The molecule has 0 spiro atoms. The average Bonchev–Trinajstić information content (AvgIpc) is 3.15. The lowest BCUT2D eigenvalue weighted by atomic mass is 10.2. The van der Waals surface area contributed by atoms with Gasteiger partial charge in [-0.3, -0.25) is 0 Å². The molecule has 1 aromatic heterocycles. The second kappa shape index (κ2) is 7.74. The topological polar surface area (TPSA) is 82.6 Å². The lowest BCUT2D eigenvalue weighted by Gasteiger charge is -2.12. The summed E-state index contributed by atoms with van der Waals surface area (Å²) in [7, 11) is 1.30. The molecule has 1 aliphatic rings. The van der Waals surface area contributed by atoms with E-state index >= 15 is 0 Å². The zero-order valence-corrected chi connectivity index (χ0v) is 13.4. The molecule has 0 saturated carbocycles. The summed E-state index contributed by atoms with van der Waals surface area (Å²) >= 11 is 0.